The molecule has 2 rings (SSSR count). The molecule has 0 aliphatic heterocycles. The molecule has 0 radical (unpaired) electrons. The third kappa shape index (κ3) is 4.56. The van der Waals surface area contributed by atoms with Gasteiger partial charge in [-0.2, -0.15) is 0 Å². The summed E-state index contributed by atoms with van der Waals surface area (Å²) in [6.45, 7) is 0.476. The lowest BCUT2D eigenvalue weighted by atomic mass is 10.1. The van der Waals surface area contributed by atoms with E-state index in [2.05, 4.69) is 10.6 Å². The minimum atomic E-state index is -0.331. The molecular weight excluding hydrogens is 281 g/mol. The van der Waals surface area contributed by atoms with Gasteiger partial charge >= 0.3 is 6.03 Å². The van der Waals surface area contributed by atoms with Crippen molar-refractivity contribution in [1.82, 2.24) is 10.2 Å². The van der Waals surface area contributed by atoms with Gasteiger partial charge in [0.25, 0.3) is 0 Å². The first kappa shape index (κ1) is 16.0. The van der Waals surface area contributed by atoms with Crippen molar-refractivity contribution >= 4 is 11.7 Å². The Morgan fingerprint density at radius 1 is 1.09 bits per heavy atom. The molecule has 0 unspecified atom stereocenters. The first-order chi connectivity index (χ1) is 10.6. The minimum absolute atomic E-state index is 0.0835. The summed E-state index contributed by atoms with van der Waals surface area (Å²) in [5, 5.41) is 5.52. The van der Waals surface area contributed by atoms with Gasteiger partial charge in [-0.1, -0.05) is 30.3 Å². The lowest BCUT2D eigenvalue weighted by molar-refractivity contribution is 0.243. The average Bonchev–Trinajstić information content (AvgIpc) is 2.50. The predicted molar refractivity (Wildman–Crippen MR) is 86.3 cm³/mol. The Labute approximate surface area is 129 Å². The molecule has 2 aromatic carbocycles. The van der Waals surface area contributed by atoms with E-state index in [1.807, 2.05) is 49.3 Å². The Hall–Kier alpha value is -2.40. The van der Waals surface area contributed by atoms with Crippen LogP contribution < -0.4 is 10.6 Å². The maximum atomic E-state index is 12.8. The smallest absolute Gasteiger partial charge is 0.319 e. The fraction of sp³-hybridized carbons (Fsp3) is 0.235. The average molecular weight is 301 g/mol. The zero-order valence-corrected chi connectivity index (χ0v) is 12.7. The first-order valence-corrected chi connectivity index (χ1v) is 7.08. The number of benzene rings is 2. The summed E-state index contributed by atoms with van der Waals surface area (Å²) in [6, 6.07) is 15.4. The maximum absolute atomic E-state index is 12.8. The fourth-order valence-electron chi connectivity index (χ4n) is 2.17. The van der Waals surface area contributed by atoms with Crippen LogP contribution in [0.1, 0.15) is 11.6 Å². The number of nitrogens with zero attached hydrogens (tertiary/aromatic N) is 1. The number of urea groups is 1. The summed E-state index contributed by atoms with van der Waals surface area (Å²) in [6.07, 6.45) is 0. The largest absolute Gasteiger partial charge is 0.336 e. The molecule has 0 aliphatic carbocycles. The van der Waals surface area contributed by atoms with Crippen molar-refractivity contribution in [2.24, 2.45) is 0 Å². The summed E-state index contributed by atoms with van der Waals surface area (Å²) in [7, 11) is 3.94. The van der Waals surface area contributed by atoms with Crippen LogP contribution in [0.4, 0.5) is 14.9 Å². The number of anilines is 1. The minimum Gasteiger partial charge on any atom is -0.336 e. The van der Waals surface area contributed by atoms with Crippen LogP contribution in [-0.2, 0) is 0 Å². The topological polar surface area (TPSA) is 44.4 Å². The molecule has 2 aromatic rings. The molecular formula is C17H20FN3O. The summed E-state index contributed by atoms with van der Waals surface area (Å²) in [5.41, 5.74) is 1.69. The molecule has 0 spiro atoms. The number of amides is 2. The van der Waals surface area contributed by atoms with Gasteiger partial charge in [-0.25, -0.2) is 9.18 Å². The molecule has 1 atom stereocenters. The van der Waals surface area contributed by atoms with E-state index < -0.39 is 0 Å². The lowest BCUT2D eigenvalue weighted by Gasteiger charge is -2.25. The maximum Gasteiger partial charge on any atom is 0.319 e. The summed E-state index contributed by atoms with van der Waals surface area (Å²) in [5.74, 6) is -0.331. The summed E-state index contributed by atoms with van der Waals surface area (Å²) in [4.78, 5) is 14.0. The van der Waals surface area contributed by atoms with E-state index in [4.69, 9.17) is 0 Å². The molecule has 0 saturated heterocycles. The van der Waals surface area contributed by atoms with Gasteiger partial charge in [0.05, 0.1) is 6.04 Å². The number of carbonyl (C=O) groups is 1. The van der Waals surface area contributed by atoms with Gasteiger partial charge in [-0.05, 0) is 43.9 Å². The van der Waals surface area contributed by atoms with Gasteiger partial charge in [0.1, 0.15) is 5.82 Å². The van der Waals surface area contributed by atoms with Gasteiger partial charge in [-0.3, -0.25) is 0 Å². The highest BCUT2D eigenvalue weighted by Crippen LogP contribution is 2.16. The molecule has 116 valence electrons. The third-order valence-corrected chi connectivity index (χ3v) is 3.37. The van der Waals surface area contributed by atoms with Crippen molar-refractivity contribution < 1.29 is 9.18 Å². The van der Waals surface area contributed by atoms with E-state index in [1.54, 1.807) is 0 Å². The molecule has 2 N–H and O–H groups in total. The number of likely N-dealkylation sites (N-methyl/N-ethyl adjacent to an activating group) is 1. The predicted octanol–water partition coefficient (Wildman–Crippen LogP) is 3.25. The molecule has 0 aromatic heterocycles. The van der Waals surface area contributed by atoms with E-state index >= 15 is 0 Å². The van der Waals surface area contributed by atoms with Crippen molar-refractivity contribution in [2.75, 3.05) is 26.0 Å². The molecule has 5 heteroatoms. The SMILES string of the molecule is CN(C)[C@H](CNC(=O)Nc1ccc(F)cc1)c1ccccc1. The van der Waals surface area contributed by atoms with Crippen LogP contribution in [0.15, 0.2) is 54.6 Å². The van der Waals surface area contributed by atoms with Gasteiger partial charge in [0, 0.05) is 12.2 Å². The van der Waals surface area contributed by atoms with E-state index in [1.165, 1.54) is 24.3 Å². The second kappa shape index (κ2) is 7.56. The monoisotopic (exact) mass is 301 g/mol. The van der Waals surface area contributed by atoms with Crippen LogP contribution >= 0.6 is 0 Å². The van der Waals surface area contributed by atoms with E-state index in [9.17, 15) is 9.18 Å². The Bertz CT molecular complexity index is 599. The normalized spacial score (nSPS) is 12.0. The molecule has 0 bridgehead atoms. The van der Waals surface area contributed by atoms with E-state index in [0.717, 1.165) is 5.56 Å². The van der Waals surface area contributed by atoms with Crippen molar-refractivity contribution in [2.45, 2.75) is 6.04 Å². The number of hydrogen-bond acceptors (Lipinski definition) is 2. The van der Waals surface area contributed by atoms with Crippen LogP contribution in [0.5, 0.6) is 0 Å². The third-order valence-electron chi connectivity index (χ3n) is 3.37. The molecule has 0 aliphatic rings. The Morgan fingerprint density at radius 2 is 1.73 bits per heavy atom. The molecule has 2 amide bonds. The molecule has 0 heterocycles. The lowest BCUT2D eigenvalue weighted by Crippen LogP contribution is -2.36. The Kier molecular flexibility index (Phi) is 5.49. The first-order valence-electron chi connectivity index (χ1n) is 7.08. The number of carbonyl (C=O) groups excluding carboxylic acids is 1. The molecule has 0 saturated carbocycles. The van der Waals surface area contributed by atoms with Crippen molar-refractivity contribution in [1.29, 1.82) is 0 Å². The van der Waals surface area contributed by atoms with Crippen molar-refractivity contribution in [3.05, 3.63) is 66.0 Å². The summed E-state index contributed by atoms with van der Waals surface area (Å²) >= 11 is 0. The number of nitrogens with one attached hydrogen (secondary N) is 2. The van der Waals surface area contributed by atoms with Crippen LogP contribution in [0.25, 0.3) is 0 Å². The van der Waals surface area contributed by atoms with E-state index in [-0.39, 0.29) is 17.9 Å². The summed E-state index contributed by atoms with van der Waals surface area (Å²) < 4.78 is 12.8. The Balaban J connectivity index is 1.92. The zero-order chi connectivity index (χ0) is 15.9. The van der Waals surface area contributed by atoms with Gasteiger partial charge in [0.15, 0.2) is 0 Å². The number of halogens is 1. The zero-order valence-electron chi connectivity index (χ0n) is 12.7. The quantitative estimate of drug-likeness (QED) is 0.890. The van der Waals surface area contributed by atoms with Gasteiger partial charge in [0.2, 0.25) is 0 Å². The Morgan fingerprint density at radius 3 is 2.32 bits per heavy atom. The standard InChI is InChI=1S/C17H20FN3O/c1-21(2)16(13-6-4-3-5-7-13)12-19-17(22)20-15-10-8-14(18)9-11-15/h3-11,16H,12H2,1-2H3,(H2,19,20,22)/t16-/m1/s1. The number of hydrogen-bond donors (Lipinski definition) is 2. The van der Waals surface area contributed by atoms with Crippen LogP contribution in [0, 0.1) is 5.82 Å². The highest BCUT2D eigenvalue weighted by molar-refractivity contribution is 5.89. The second-order valence-electron chi connectivity index (χ2n) is 5.23. The highest BCUT2D eigenvalue weighted by atomic mass is 19.1. The fourth-order valence-corrected chi connectivity index (χ4v) is 2.17. The van der Waals surface area contributed by atoms with Gasteiger partial charge < -0.3 is 15.5 Å². The van der Waals surface area contributed by atoms with Crippen molar-refractivity contribution in [3.63, 3.8) is 0 Å². The highest BCUT2D eigenvalue weighted by Gasteiger charge is 2.14. The van der Waals surface area contributed by atoms with Crippen molar-refractivity contribution in [3.8, 4) is 0 Å². The second-order valence-corrected chi connectivity index (χ2v) is 5.23. The van der Waals surface area contributed by atoms with Crippen LogP contribution in [0.2, 0.25) is 0 Å². The number of rotatable bonds is 5. The van der Waals surface area contributed by atoms with Crippen LogP contribution in [-0.4, -0.2) is 31.6 Å². The van der Waals surface area contributed by atoms with Gasteiger partial charge in [-0.15, -0.1) is 0 Å². The molecule has 22 heavy (non-hydrogen) atoms. The molecule has 0 fully saturated rings. The molecule has 4 nitrogen and oxygen atoms in total. The van der Waals surface area contributed by atoms with Crippen LogP contribution in [0.3, 0.4) is 0 Å². The van der Waals surface area contributed by atoms with E-state index in [0.29, 0.717) is 12.2 Å².